The van der Waals surface area contributed by atoms with Gasteiger partial charge in [0.15, 0.2) is 0 Å². The van der Waals surface area contributed by atoms with E-state index in [1.165, 1.54) is 6.07 Å². The molecule has 2 nitrogen and oxygen atoms in total. The van der Waals surface area contributed by atoms with E-state index >= 15 is 0 Å². The molecule has 0 saturated carbocycles. The Bertz CT molecular complexity index is 304. The fourth-order valence-corrected chi connectivity index (χ4v) is 1.09. The molecule has 0 spiro atoms. The second-order valence-corrected chi connectivity index (χ2v) is 3.68. The Morgan fingerprint density at radius 1 is 1.57 bits per heavy atom. The fourth-order valence-electron chi connectivity index (χ4n) is 0.900. The van der Waals surface area contributed by atoms with Crippen LogP contribution in [0.3, 0.4) is 0 Å². The van der Waals surface area contributed by atoms with E-state index in [1.54, 1.807) is 19.1 Å². The highest BCUT2D eigenvalue weighted by Gasteiger charge is 2.04. The number of hydrogen-bond acceptors (Lipinski definition) is 2. The highest BCUT2D eigenvalue weighted by molar-refractivity contribution is 9.09. The zero-order chi connectivity index (χ0) is 10.6. The molecule has 0 amide bonds. The van der Waals surface area contributed by atoms with Crippen LogP contribution in [0.1, 0.15) is 5.56 Å². The summed E-state index contributed by atoms with van der Waals surface area (Å²) in [5.41, 5.74) is 0.582. The van der Waals surface area contributed by atoms with Crippen LogP contribution in [0.15, 0.2) is 18.2 Å². The van der Waals surface area contributed by atoms with Crippen LogP contribution in [0.4, 0.5) is 4.39 Å². The van der Waals surface area contributed by atoms with Crippen molar-refractivity contribution in [2.75, 3.05) is 11.9 Å². The SMILES string of the molecule is Cc1ccc(OCC(O)CBr)cc1F. The second kappa shape index (κ2) is 5.32. The van der Waals surface area contributed by atoms with Crippen molar-refractivity contribution in [2.45, 2.75) is 13.0 Å². The first-order valence-electron chi connectivity index (χ1n) is 4.26. The Kier molecular flexibility index (Phi) is 4.35. The van der Waals surface area contributed by atoms with E-state index in [9.17, 15) is 9.50 Å². The minimum Gasteiger partial charge on any atom is -0.491 e. The molecule has 1 atom stereocenters. The first kappa shape index (κ1) is 11.5. The van der Waals surface area contributed by atoms with Gasteiger partial charge in [-0.1, -0.05) is 22.0 Å². The highest BCUT2D eigenvalue weighted by Crippen LogP contribution is 2.15. The van der Waals surface area contributed by atoms with Crippen molar-refractivity contribution >= 4 is 15.9 Å². The minimum atomic E-state index is -0.570. The number of rotatable bonds is 4. The lowest BCUT2D eigenvalue weighted by Crippen LogP contribution is -2.18. The molecule has 0 fully saturated rings. The Morgan fingerprint density at radius 2 is 2.29 bits per heavy atom. The molecule has 0 aliphatic rings. The molecule has 1 aromatic rings. The van der Waals surface area contributed by atoms with E-state index in [0.717, 1.165) is 0 Å². The van der Waals surface area contributed by atoms with Crippen molar-refractivity contribution in [3.8, 4) is 5.75 Å². The van der Waals surface area contributed by atoms with Gasteiger partial charge >= 0.3 is 0 Å². The molecule has 1 N–H and O–H groups in total. The number of aryl methyl sites for hydroxylation is 1. The molecule has 1 rings (SSSR count). The number of halogens is 2. The molecular weight excluding hydrogens is 251 g/mol. The minimum absolute atomic E-state index is 0.160. The molecule has 14 heavy (non-hydrogen) atoms. The quantitative estimate of drug-likeness (QED) is 0.844. The van der Waals surface area contributed by atoms with E-state index in [4.69, 9.17) is 4.74 Å². The summed E-state index contributed by atoms with van der Waals surface area (Å²) < 4.78 is 18.2. The summed E-state index contributed by atoms with van der Waals surface area (Å²) >= 11 is 3.11. The van der Waals surface area contributed by atoms with Gasteiger partial charge in [0.2, 0.25) is 0 Å². The smallest absolute Gasteiger partial charge is 0.129 e. The van der Waals surface area contributed by atoms with Gasteiger partial charge in [0.25, 0.3) is 0 Å². The monoisotopic (exact) mass is 262 g/mol. The number of benzene rings is 1. The van der Waals surface area contributed by atoms with Gasteiger partial charge in [0, 0.05) is 11.4 Å². The lowest BCUT2D eigenvalue weighted by Gasteiger charge is -2.09. The molecule has 4 heteroatoms. The van der Waals surface area contributed by atoms with Gasteiger partial charge < -0.3 is 9.84 Å². The molecule has 1 aromatic carbocycles. The lowest BCUT2D eigenvalue weighted by atomic mass is 10.2. The maximum absolute atomic E-state index is 13.0. The lowest BCUT2D eigenvalue weighted by molar-refractivity contribution is 0.127. The molecule has 0 aliphatic heterocycles. The number of aliphatic hydroxyl groups excluding tert-OH is 1. The maximum atomic E-state index is 13.0. The predicted octanol–water partition coefficient (Wildman–Crippen LogP) is 2.27. The van der Waals surface area contributed by atoms with Gasteiger partial charge in [-0.05, 0) is 18.6 Å². The van der Waals surface area contributed by atoms with Crippen molar-refractivity contribution in [3.63, 3.8) is 0 Å². The highest BCUT2D eigenvalue weighted by atomic mass is 79.9. The van der Waals surface area contributed by atoms with E-state index in [2.05, 4.69) is 15.9 Å². The number of alkyl halides is 1. The van der Waals surface area contributed by atoms with Gasteiger partial charge in [-0.2, -0.15) is 0 Å². The molecule has 0 saturated heterocycles. The van der Waals surface area contributed by atoms with E-state index in [0.29, 0.717) is 16.6 Å². The molecule has 0 aromatic heterocycles. The summed E-state index contributed by atoms with van der Waals surface area (Å²) in [5, 5.41) is 9.62. The molecule has 1 unspecified atom stereocenters. The van der Waals surface area contributed by atoms with E-state index in [-0.39, 0.29) is 12.4 Å². The average molecular weight is 263 g/mol. The summed E-state index contributed by atoms with van der Waals surface area (Å²) in [6, 6.07) is 4.64. The first-order chi connectivity index (χ1) is 6.63. The Hall–Kier alpha value is -0.610. The van der Waals surface area contributed by atoms with Crippen LogP contribution in [0.2, 0.25) is 0 Å². The molecule has 0 heterocycles. The number of hydrogen-bond donors (Lipinski definition) is 1. The third-order valence-electron chi connectivity index (χ3n) is 1.76. The third kappa shape index (κ3) is 3.27. The van der Waals surface area contributed by atoms with Gasteiger partial charge in [-0.15, -0.1) is 0 Å². The van der Waals surface area contributed by atoms with Gasteiger partial charge in [0.1, 0.15) is 18.2 Å². The second-order valence-electron chi connectivity index (χ2n) is 3.03. The van der Waals surface area contributed by atoms with Gasteiger partial charge in [-0.25, -0.2) is 4.39 Å². The molecule has 0 radical (unpaired) electrons. The zero-order valence-electron chi connectivity index (χ0n) is 7.84. The summed E-state index contributed by atoms with van der Waals surface area (Å²) in [6.07, 6.45) is -0.570. The average Bonchev–Trinajstić information content (AvgIpc) is 2.19. The van der Waals surface area contributed by atoms with Crippen molar-refractivity contribution in [1.29, 1.82) is 0 Å². The first-order valence-corrected chi connectivity index (χ1v) is 5.38. The van der Waals surface area contributed by atoms with E-state index in [1.807, 2.05) is 0 Å². The van der Waals surface area contributed by atoms with Crippen LogP contribution in [0, 0.1) is 12.7 Å². The van der Waals surface area contributed by atoms with Crippen LogP contribution >= 0.6 is 15.9 Å². The summed E-state index contributed by atoms with van der Waals surface area (Å²) in [6.45, 7) is 1.85. The van der Waals surface area contributed by atoms with Crippen LogP contribution in [0.25, 0.3) is 0 Å². The van der Waals surface area contributed by atoms with Crippen LogP contribution in [-0.2, 0) is 0 Å². The molecular formula is C10H12BrFO2. The van der Waals surface area contributed by atoms with Gasteiger partial charge in [0.05, 0.1) is 6.10 Å². The van der Waals surface area contributed by atoms with Crippen LogP contribution < -0.4 is 4.74 Å². The van der Waals surface area contributed by atoms with Crippen molar-refractivity contribution < 1.29 is 14.2 Å². The maximum Gasteiger partial charge on any atom is 0.129 e. The summed E-state index contributed by atoms with van der Waals surface area (Å²) in [5.74, 6) is 0.143. The molecule has 0 aliphatic carbocycles. The summed E-state index contributed by atoms with van der Waals surface area (Å²) in [4.78, 5) is 0. The number of ether oxygens (including phenoxy) is 1. The standard InChI is InChI=1S/C10H12BrFO2/c1-7-2-3-9(4-10(7)12)14-6-8(13)5-11/h2-4,8,13H,5-6H2,1H3. The molecule has 0 bridgehead atoms. The normalized spacial score (nSPS) is 12.6. The van der Waals surface area contributed by atoms with E-state index < -0.39 is 6.10 Å². The Morgan fingerprint density at radius 3 is 2.86 bits per heavy atom. The largest absolute Gasteiger partial charge is 0.491 e. The van der Waals surface area contributed by atoms with Crippen LogP contribution in [0.5, 0.6) is 5.75 Å². The van der Waals surface area contributed by atoms with Crippen molar-refractivity contribution in [1.82, 2.24) is 0 Å². The Balaban J connectivity index is 2.55. The predicted molar refractivity (Wildman–Crippen MR) is 56.4 cm³/mol. The van der Waals surface area contributed by atoms with Gasteiger partial charge in [-0.3, -0.25) is 0 Å². The van der Waals surface area contributed by atoms with Crippen molar-refractivity contribution in [3.05, 3.63) is 29.6 Å². The summed E-state index contributed by atoms with van der Waals surface area (Å²) in [7, 11) is 0. The fraction of sp³-hybridized carbons (Fsp3) is 0.400. The third-order valence-corrected chi connectivity index (χ3v) is 2.51. The van der Waals surface area contributed by atoms with Crippen molar-refractivity contribution in [2.24, 2.45) is 0 Å². The Labute approximate surface area is 90.8 Å². The van der Waals surface area contributed by atoms with Crippen LogP contribution in [-0.4, -0.2) is 23.1 Å². The zero-order valence-corrected chi connectivity index (χ0v) is 9.42. The number of aliphatic hydroxyl groups is 1. The molecule has 78 valence electrons. The topological polar surface area (TPSA) is 29.5 Å².